The second kappa shape index (κ2) is 9.04. The van der Waals surface area contributed by atoms with Gasteiger partial charge in [0.15, 0.2) is 5.82 Å². The minimum absolute atomic E-state index is 0.131. The molecular weight excluding hydrogens is 389 g/mol. The van der Waals surface area contributed by atoms with Crippen molar-refractivity contribution in [3.63, 3.8) is 0 Å². The van der Waals surface area contributed by atoms with E-state index in [9.17, 15) is 9.18 Å². The molecule has 0 spiro atoms. The van der Waals surface area contributed by atoms with Crippen LogP contribution in [-0.2, 0) is 6.54 Å². The highest BCUT2D eigenvalue weighted by molar-refractivity contribution is 5.87. The van der Waals surface area contributed by atoms with Crippen LogP contribution in [0.4, 0.5) is 15.1 Å². The van der Waals surface area contributed by atoms with Crippen molar-refractivity contribution >= 4 is 11.9 Å². The number of aromatic amines is 1. The van der Waals surface area contributed by atoms with Crippen molar-refractivity contribution in [1.29, 1.82) is 0 Å². The molecule has 4 rings (SSSR count). The first kappa shape index (κ1) is 20.0. The molecule has 30 heavy (non-hydrogen) atoms. The van der Waals surface area contributed by atoms with Gasteiger partial charge in [0, 0.05) is 37.1 Å². The Morgan fingerprint density at radius 3 is 2.90 bits per heavy atom. The number of nitrogens with zero attached hydrogens (tertiary/aromatic N) is 4. The van der Waals surface area contributed by atoms with Gasteiger partial charge in [-0.15, -0.1) is 0 Å². The van der Waals surface area contributed by atoms with E-state index in [-0.39, 0.29) is 11.9 Å². The Balaban J connectivity index is 1.31. The van der Waals surface area contributed by atoms with Gasteiger partial charge in [0.1, 0.15) is 5.69 Å². The molecule has 0 bridgehead atoms. The predicted octanol–water partition coefficient (Wildman–Crippen LogP) is 3.12. The third-order valence-corrected chi connectivity index (χ3v) is 5.16. The quantitative estimate of drug-likeness (QED) is 0.536. The van der Waals surface area contributed by atoms with E-state index in [1.807, 2.05) is 19.1 Å². The number of aromatic nitrogens is 4. The van der Waals surface area contributed by atoms with Gasteiger partial charge in [0.05, 0.1) is 5.69 Å². The number of likely N-dealkylation sites (tertiary alicyclic amines) is 1. The van der Waals surface area contributed by atoms with Crippen LogP contribution in [0.25, 0.3) is 11.5 Å². The molecule has 1 aliphatic heterocycles. The van der Waals surface area contributed by atoms with Crippen molar-refractivity contribution in [2.24, 2.45) is 0 Å². The number of rotatable bonds is 6. The average molecular weight is 413 g/mol. The van der Waals surface area contributed by atoms with Crippen LogP contribution in [0.1, 0.15) is 36.9 Å². The third kappa shape index (κ3) is 4.65. The number of H-pyrrole nitrogens is 1. The first-order valence-electron chi connectivity index (χ1n) is 10.0. The summed E-state index contributed by atoms with van der Waals surface area (Å²) in [4.78, 5) is 24.9. The van der Waals surface area contributed by atoms with E-state index >= 15 is 0 Å². The van der Waals surface area contributed by atoms with Crippen LogP contribution in [0.15, 0.2) is 35.1 Å². The minimum Gasteiger partial charge on any atom is -0.343 e. The molecule has 0 saturated carbocycles. The molecule has 1 aliphatic rings. The number of halogens is 1. The van der Waals surface area contributed by atoms with Gasteiger partial charge in [-0.25, -0.2) is 14.8 Å². The van der Waals surface area contributed by atoms with Crippen LogP contribution >= 0.6 is 0 Å². The monoisotopic (exact) mass is 413 g/mol. The minimum atomic E-state index is -0.431. The summed E-state index contributed by atoms with van der Waals surface area (Å²) in [7, 11) is 0. The summed E-state index contributed by atoms with van der Waals surface area (Å²) in [6.07, 6.45) is 4.97. The lowest BCUT2D eigenvalue weighted by Gasteiger charge is -2.31. The van der Waals surface area contributed by atoms with Gasteiger partial charge < -0.3 is 14.8 Å². The molecule has 4 heterocycles. The lowest BCUT2D eigenvalue weighted by atomic mass is 9.90. The molecule has 3 aromatic rings. The molecular formula is C20H24FN7O2. The summed E-state index contributed by atoms with van der Waals surface area (Å²) in [5, 5.41) is 9.24. The zero-order valence-corrected chi connectivity index (χ0v) is 16.7. The maximum atomic E-state index is 14.6. The van der Waals surface area contributed by atoms with Gasteiger partial charge in [-0.1, -0.05) is 11.2 Å². The molecule has 158 valence electrons. The van der Waals surface area contributed by atoms with Gasteiger partial charge >= 0.3 is 6.03 Å². The highest BCUT2D eigenvalue weighted by Crippen LogP contribution is 2.31. The summed E-state index contributed by atoms with van der Waals surface area (Å²) in [5.41, 5.74) is 1.90. The number of hydrogen-bond acceptors (Lipinski definition) is 6. The topological polar surface area (TPSA) is 112 Å². The second-order valence-electron chi connectivity index (χ2n) is 7.23. The van der Waals surface area contributed by atoms with Gasteiger partial charge in [-0.3, -0.25) is 10.2 Å². The number of imidazole rings is 1. The fraction of sp³-hybridized carbons (Fsp3) is 0.400. The molecule has 0 aliphatic carbocycles. The number of hydrogen-bond donors (Lipinski definition) is 3. The Kier molecular flexibility index (Phi) is 6.03. The molecule has 2 amide bonds. The standard InChI is InChI=1S/C20H24FN7O2/c1-2-22-20(29)26-17-11-14(27-30-17)12-28-9-5-13(6-10-28)15-3-4-16(25-18(15)21)19-23-7-8-24-19/h3-4,7-8,11,13H,2,5-6,9-10,12H2,1H3,(H,23,24)(H2,22,26,29). The lowest BCUT2D eigenvalue weighted by Crippen LogP contribution is -2.32. The van der Waals surface area contributed by atoms with E-state index in [1.54, 1.807) is 18.5 Å². The SMILES string of the molecule is CCNC(=O)Nc1cc(CN2CCC(c3ccc(-c4ncc[nH]4)nc3F)CC2)no1. The molecule has 3 aromatic heterocycles. The number of piperidine rings is 1. The Bertz CT molecular complexity index is 981. The second-order valence-corrected chi connectivity index (χ2v) is 7.23. The average Bonchev–Trinajstić information content (AvgIpc) is 3.41. The summed E-state index contributed by atoms with van der Waals surface area (Å²) in [5.74, 6) is 0.575. The molecule has 0 unspecified atom stereocenters. The van der Waals surface area contributed by atoms with Crippen molar-refractivity contribution < 1.29 is 13.7 Å². The molecule has 0 aromatic carbocycles. The lowest BCUT2D eigenvalue weighted by molar-refractivity contribution is 0.198. The van der Waals surface area contributed by atoms with Gasteiger partial charge in [-0.2, -0.15) is 4.39 Å². The molecule has 0 atom stereocenters. The molecule has 9 nitrogen and oxygen atoms in total. The normalized spacial score (nSPS) is 15.3. The van der Waals surface area contributed by atoms with Crippen molar-refractivity contribution in [2.75, 3.05) is 25.0 Å². The van der Waals surface area contributed by atoms with E-state index < -0.39 is 5.95 Å². The Labute approximate surface area is 173 Å². The number of anilines is 1. The van der Waals surface area contributed by atoms with Crippen molar-refractivity contribution in [3.8, 4) is 11.5 Å². The van der Waals surface area contributed by atoms with Gasteiger partial charge in [-0.05, 0) is 44.8 Å². The van der Waals surface area contributed by atoms with E-state index in [1.165, 1.54) is 0 Å². The Morgan fingerprint density at radius 2 is 2.20 bits per heavy atom. The number of amides is 2. The molecule has 10 heteroatoms. The largest absolute Gasteiger partial charge is 0.343 e. The number of pyridine rings is 1. The molecule has 1 saturated heterocycles. The molecule has 1 fully saturated rings. The third-order valence-electron chi connectivity index (χ3n) is 5.16. The highest BCUT2D eigenvalue weighted by Gasteiger charge is 2.24. The number of carbonyl (C=O) groups excluding carboxylic acids is 1. The summed E-state index contributed by atoms with van der Waals surface area (Å²) in [6.45, 7) is 4.62. The zero-order chi connectivity index (χ0) is 20.9. The maximum absolute atomic E-state index is 14.6. The van der Waals surface area contributed by atoms with Crippen molar-refractivity contribution in [3.05, 3.63) is 47.8 Å². The van der Waals surface area contributed by atoms with Crippen LogP contribution in [0.3, 0.4) is 0 Å². The summed E-state index contributed by atoms with van der Waals surface area (Å²) < 4.78 is 19.8. The van der Waals surface area contributed by atoms with Gasteiger partial charge in [0.25, 0.3) is 0 Å². The van der Waals surface area contributed by atoms with E-state index in [0.29, 0.717) is 36.1 Å². The van der Waals surface area contributed by atoms with Crippen LogP contribution in [0, 0.1) is 5.95 Å². The zero-order valence-electron chi connectivity index (χ0n) is 16.7. The van der Waals surface area contributed by atoms with Crippen LogP contribution < -0.4 is 10.6 Å². The fourth-order valence-corrected chi connectivity index (χ4v) is 3.68. The highest BCUT2D eigenvalue weighted by atomic mass is 19.1. The van der Waals surface area contributed by atoms with Crippen LogP contribution in [-0.4, -0.2) is 50.7 Å². The smallest absolute Gasteiger partial charge is 0.321 e. The van der Waals surface area contributed by atoms with E-state index in [2.05, 4.69) is 35.6 Å². The summed E-state index contributed by atoms with van der Waals surface area (Å²) >= 11 is 0. The van der Waals surface area contributed by atoms with E-state index in [0.717, 1.165) is 31.6 Å². The van der Waals surface area contributed by atoms with E-state index in [4.69, 9.17) is 4.52 Å². The maximum Gasteiger partial charge on any atom is 0.321 e. The fourth-order valence-electron chi connectivity index (χ4n) is 3.68. The number of urea groups is 1. The van der Waals surface area contributed by atoms with Gasteiger partial charge in [0.2, 0.25) is 11.8 Å². The molecule has 3 N–H and O–H groups in total. The van der Waals surface area contributed by atoms with Crippen molar-refractivity contribution in [2.45, 2.75) is 32.2 Å². The molecule has 0 radical (unpaired) electrons. The first-order valence-corrected chi connectivity index (χ1v) is 10.0. The predicted molar refractivity (Wildman–Crippen MR) is 108 cm³/mol. The van der Waals surface area contributed by atoms with Crippen LogP contribution in [0.5, 0.6) is 0 Å². The Morgan fingerprint density at radius 1 is 1.37 bits per heavy atom. The Hall–Kier alpha value is -3.27. The summed E-state index contributed by atoms with van der Waals surface area (Å²) in [6, 6.07) is 5.02. The number of nitrogens with one attached hydrogen (secondary N) is 3. The van der Waals surface area contributed by atoms with Crippen LogP contribution in [0.2, 0.25) is 0 Å². The number of carbonyl (C=O) groups is 1. The first-order chi connectivity index (χ1) is 14.6. The van der Waals surface area contributed by atoms with Crippen molar-refractivity contribution in [1.82, 2.24) is 30.3 Å².